The van der Waals surface area contributed by atoms with Gasteiger partial charge in [0.05, 0.1) is 12.8 Å². The van der Waals surface area contributed by atoms with Gasteiger partial charge in [-0.05, 0) is 6.07 Å². The number of carboxylic acid groups (broad SMARTS) is 2. The van der Waals surface area contributed by atoms with E-state index in [-0.39, 0.29) is 24.6 Å². The number of furan rings is 1. The van der Waals surface area contributed by atoms with Crippen molar-refractivity contribution >= 4 is 17.8 Å². The number of rotatable bonds is 4. The molecule has 2 N–H and O–H groups in total. The molecule has 0 bridgehead atoms. The summed E-state index contributed by atoms with van der Waals surface area (Å²) < 4.78 is 5.10. The number of nitrogens with zero attached hydrogens (tertiary/aromatic N) is 2. The summed E-state index contributed by atoms with van der Waals surface area (Å²) in [5.41, 5.74) is 0.717. The summed E-state index contributed by atoms with van der Waals surface area (Å²) in [6.07, 6.45) is 1.39. The number of oxime groups is 1. The van der Waals surface area contributed by atoms with Crippen LogP contribution in [0.25, 0.3) is 0 Å². The van der Waals surface area contributed by atoms with Gasteiger partial charge in [0.25, 0.3) is 0 Å². The number of aliphatic carboxylic acids is 1. The summed E-state index contributed by atoms with van der Waals surface area (Å²) in [6, 6.07) is 0.136. The maximum atomic E-state index is 11.2. The number of fused-ring (bicyclic) bond motifs is 1. The van der Waals surface area contributed by atoms with Gasteiger partial charge in [-0.25, -0.2) is 9.59 Å². The van der Waals surface area contributed by atoms with E-state index in [1.807, 2.05) is 0 Å². The molecule has 1 aromatic heterocycles. The Bertz CT molecular complexity index is 576. The first kappa shape index (κ1) is 13.7. The maximum absolute atomic E-state index is 11.2. The van der Waals surface area contributed by atoms with E-state index in [9.17, 15) is 14.7 Å². The number of hydrogen-bond acceptors (Lipinski definition) is 5. The molecule has 0 aromatic carbocycles. The van der Waals surface area contributed by atoms with Crippen molar-refractivity contribution in [2.45, 2.75) is 6.04 Å². The first-order chi connectivity index (χ1) is 9.56. The molecule has 20 heavy (non-hydrogen) atoms. The molecule has 1 aliphatic heterocycles. The zero-order chi connectivity index (χ0) is 14.7. The smallest absolute Gasteiger partial charge is 0.408 e. The molecule has 0 radical (unpaired) electrons. The van der Waals surface area contributed by atoms with Gasteiger partial charge in [-0.1, -0.05) is 17.8 Å². The summed E-state index contributed by atoms with van der Waals surface area (Å²) in [4.78, 5) is 28.1. The minimum Gasteiger partial charge on any atom is -0.479 e. The van der Waals surface area contributed by atoms with Crippen molar-refractivity contribution < 1.29 is 29.1 Å². The molecule has 0 saturated heterocycles. The van der Waals surface area contributed by atoms with Crippen LogP contribution in [-0.4, -0.2) is 46.0 Å². The monoisotopic (exact) mass is 280 g/mol. The molecule has 0 fully saturated rings. The van der Waals surface area contributed by atoms with E-state index in [0.717, 1.165) is 4.90 Å². The van der Waals surface area contributed by atoms with Crippen LogP contribution < -0.4 is 0 Å². The average Bonchev–Trinajstić information content (AvgIpc) is 2.86. The molecule has 1 atom stereocenters. The Balaban J connectivity index is 2.42. The van der Waals surface area contributed by atoms with Gasteiger partial charge in [-0.3, -0.25) is 4.90 Å². The molecule has 106 valence electrons. The first-order valence-electron chi connectivity index (χ1n) is 5.66. The number of hydrogen-bond donors (Lipinski definition) is 2. The molecule has 1 amide bonds. The van der Waals surface area contributed by atoms with Crippen molar-refractivity contribution in [1.82, 2.24) is 4.90 Å². The quantitative estimate of drug-likeness (QED) is 0.488. The van der Waals surface area contributed by atoms with E-state index in [2.05, 4.69) is 11.7 Å². The van der Waals surface area contributed by atoms with E-state index in [0.29, 0.717) is 5.56 Å². The van der Waals surface area contributed by atoms with Crippen molar-refractivity contribution in [1.29, 1.82) is 0 Å². The molecule has 2 rings (SSSR count). The van der Waals surface area contributed by atoms with E-state index in [4.69, 9.17) is 14.4 Å². The Kier molecular flexibility index (Phi) is 3.74. The second-order valence-electron chi connectivity index (χ2n) is 3.97. The molecule has 0 spiro atoms. The van der Waals surface area contributed by atoms with E-state index in [1.165, 1.54) is 18.4 Å². The highest BCUT2D eigenvalue weighted by atomic mass is 16.6. The lowest BCUT2D eigenvalue weighted by atomic mass is 9.99. The summed E-state index contributed by atoms with van der Waals surface area (Å²) in [5.74, 6) is -1.29. The first-order valence-corrected chi connectivity index (χ1v) is 5.66. The molecule has 1 unspecified atom stereocenters. The lowest BCUT2D eigenvalue weighted by Gasteiger charge is -2.29. The third-order valence-corrected chi connectivity index (χ3v) is 2.73. The van der Waals surface area contributed by atoms with Crippen LogP contribution in [0.4, 0.5) is 4.79 Å². The predicted molar refractivity (Wildman–Crippen MR) is 66.5 cm³/mol. The van der Waals surface area contributed by atoms with Crippen LogP contribution in [0.3, 0.4) is 0 Å². The van der Waals surface area contributed by atoms with Crippen LogP contribution in [0.5, 0.6) is 0 Å². The SMILES string of the molecule is C=CCON=C1CN(C(=O)O)C(C(=O)O)c2occc21. The Labute approximate surface area is 113 Å². The van der Waals surface area contributed by atoms with Gasteiger partial charge in [-0.2, -0.15) is 0 Å². The Hall–Kier alpha value is -2.77. The number of carboxylic acids is 1. The second-order valence-corrected chi connectivity index (χ2v) is 3.97. The van der Waals surface area contributed by atoms with Crippen molar-refractivity contribution in [3.8, 4) is 0 Å². The van der Waals surface area contributed by atoms with Crippen LogP contribution >= 0.6 is 0 Å². The lowest BCUT2D eigenvalue weighted by molar-refractivity contribution is -0.143. The van der Waals surface area contributed by atoms with Crippen molar-refractivity contribution in [3.63, 3.8) is 0 Å². The highest BCUT2D eigenvalue weighted by Gasteiger charge is 2.41. The molecule has 8 heteroatoms. The summed E-state index contributed by atoms with van der Waals surface area (Å²) in [6.45, 7) is 3.42. The van der Waals surface area contributed by atoms with Gasteiger partial charge >= 0.3 is 12.1 Å². The topological polar surface area (TPSA) is 113 Å². The van der Waals surface area contributed by atoms with Crippen molar-refractivity contribution in [3.05, 3.63) is 36.3 Å². The molecule has 1 aromatic rings. The highest BCUT2D eigenvalue weighted by Crippen LogP contribution is 2.31. The molecule has 2 heterocycles. The van der Waals surface area contributed by atoms with Gasteiger partial charge in [0.2, 0.25) is 0 Å². The molecule has 1 aliphatic rings. The standard InChI is InChI=1S/C12H12N2O6/c1-2-4-20-13-8-6-14(12(17)18)9(11(15)16)10-7(8)3-5-19-10/h2-3,5,9H,1,4,6H2,(H,15,16)(H,17,18). The van der Waals surface area contributed by atoms with Crippen LogP contribution in [0, 0.1) is 0 Å². The van der Waals surface area contributed by atoms with Crippen molar-refractivity contribution in [2.24, 2.45) is 5.16 Å². The number of carbonyl (C=O) groups is 2. The Morgan fingerprint density at radius 3 is 2.95 bits per heavy atom. The Morgan fingerprint density at radius 1 is 1.60 bits per heavy atom. The fourth-order valence-electron chi connectivity index (χ4n) is 1.92. The number of amides is 1. The van der Waals surface area contributed by atoms with Gasteiger partial charge in [0, 0.05) is 5.56 Å². The third kappa shape index (κ3) is 2.35. The minimum atomic E-state index is -1.39. The van der Waals surface area contributed by atoms with Gasteiger partial charge in [-0.15, -0.1) is 0 Å². The van der Waals surface area contributed by atoms with E-state index in [1.54, 1.807) is 0 Å². The zero-order valence-corrected chi connectivity index (χ0v) is 10.4. The molecular formula is C12H12N2O6. The minimum absolute atomic E-state index is 0.0205. The summed E-state index contributed by atoms with van der Waals surface area (Å²) >= 11 is 0. The van der Waals surface area contributed by atoms with Crippen LogP contribution in [0.15, 0.2) is 34.6 Å². The second kappa shape index (κ2) is 5.47. The van der Waals surface area contributed by atoms with E-state index >= 15 is 0 Å². The highest BCUT2D eigenvalue weighted by molar-refractivity contribution is 6.06. The van der Waals surface area contributed by atoms with Crippen LogP contribution in [0.2, 0.25) is 0 Å². The molecule has 8 nitrogen and oxygen atoms in total. The maximum Gasteiger partial charge on any atom is 0.408 e. The van der Waals surface area contributed by atoms with Crippen LogP contribution in [-0.2, 0) is 9.63 Å². The zero-order valence-electron chi connectivity index (χ0n) is 10.4. The Morgan fingerprint density at radius 2 is 2.35 bits per heavy atom. The summed E-state index contributed by atoms with van der Waals surface area (Å²) in [7, 11) is 0. The fourth-order valence-corrected chi connectivity index (χ4v) is 1.92. The molecule has 0 aliphatic carbocycles. The largest absolute Gasteiger partial charge is 0.479 e. The normalized spacial score (nSPS) is 19.5. The van der Waals surface area contributed by atoms with Crippen LogP contribution in [0.1, 0.15) is 17.4 Å². The average molecular weight is 280 g/mol. The molecular weight excluding hydrogens is 268 g/mol. The van der Waals surface area contributed by atoms with Crippen molar-refractivity contribution in [2.75, 3.05) is 13.2 Å². The summed E-state index contributed by atoms with van der Waals surface area (Å²) in [5, 5.41) is 22.1. The fraction of sp³-hybridized carbons (Fsp3) is 0.250. The third-order valence-electron chi connectivity index (χ3n) is 2.73. The van der Waals surface area contributed by atoms with Gasteiger partial charge < -0.3 is 19.5 Å². The van der Waals surface area contributed by atoms with Gasteiger partial charge in [0.15, 0.2) is 6.04 Å². The molecule has 0 saturated carbocycles. The van der Waals surface area contributed by atoms with E-state index < -0.39 is 18.1 Å². The van der Waals surface area contributed by atoms with Gasteiger partial charge in [0.1, 0.15) is 18.1 Å². The predicted octanol–water partition coefficient (Wildman–Crippen LogP) is 1.31. The lowest BCUT2D eigenvalue weighted by Crippen LogP contribution is -2.45.